The van der Waals surface area contributed by atoms with Crippen molar-refractivity contribution in [1.82, 2.24) is 5.06 Å². The van der Waals surface area contributed by atoms with Gasteiger partial charge in [-0.2, -0.15) is 5.06 Å². The molecule has 1 atom stereocenters. The second kappa shape index (κ2) is 3.06. The van der Waals surface area contributed by atoms with E-state index in [2.05, 4.69) is 6.58 Å². The summed E-state index contributed by atoms with van der Waals surface area (Å²) in [4.78, 5) is 27.6. The molecular formula is C10H11NO3. The van der Waals surface area contributed by atoms with Gasteiger partial charge in [0.25, 0.3) is 11.8 Å². The monoisotopic (exact) mass is 193 g/mol. The van der Waals surface area contributed by atoms with Crippen LogP contribution in [0.15, 0.2) is 23.8 Å². The number of imide groups is 1. The average Bonchev–Trinajstić information content (AvgIpc) is 2.88. The van der Waals surface area contributed by atoms with Gasteiger partial charge in [0.15, 0.2) is 0 Å². The molecule has 0 aromatic rings. The maximum Gasteiger partial charge on any atom is 0.261 e. The molecule has 4 heteroatoms. The average molecular weight is 193 g/mol. The first-order chi connectivity index (χ1) is 6.69. The maximum atomic E-state index is 11.6. The first kappa shape index (κ1) is 9.15. The van der Waals surface area contributed by atoms with Crippen molar-refractivity contribution in [2.45, 2.75) is 12.8 Å². The summed E-state index contributed by atoms with van der Waals surface area (Å²) >= 11 is 0. The Morgan fingerprint density at radius 1 is 1.57 bits per heavy atom. The predicted molar refractivity (Wildman–Crippen MR) is 48.8 cm³/mol. The summed E-state index contributed by atoms with van der Waals surface area (Å²) in [5, 5.41) is 0.844. The highest BCUT2D eigenvalue weighted by Gasteiger charge is 2.44. The van der Waals surface area contributed by atoms with Crippen molar-refractivity contribution in [3.05, 3.63) is 23.8 Å². The summed E-state index contributed by atoms with van der Waals surface area (Å²) in [7, 11) is 1.33. The van der Waals surface area contributed by atoms with Gasteiger partial charge in [0.1, 0.15) is 0 Å². The third-order valence-electron chi connectivity index (χ3n) is 2.62. The number of nitrogens with zero attached hydrogens (tertiary/aromatic N) is 1. The van der Waals surface area contributed by atoms with Crippen LogP contribution in [0, 0.1) is 5.92 Å². The van der Waals surface area contributed by atoms with Crippen molar-refractivity contribution >= 4 is 11.8 Å². The highest BCUT2D eigenvalue weighted by atomic mass is 16.7. The Morgan fingerprint density at radius 3 is 2.71 bits per heavy atom. The number of hydrogen-bond donors (Lipinski definition) is 0. The highest BCUT2D eigenvalue weighted by Crippen LogP contribution is 2.42. The van der Waals surface area contributed by atoms with E-state index in [1.807, 2.05) is 0 Å². The lowest BCUT2D eigenvalue weighted by molar-refractivity contribution is -0.180. The van der Waals surface area contributed by atoms with Gasteiger partial charge in [0.2, 0.25) is 0 Å². The molecule has 2 amide bonds. The van der Waals surface area contributed by atoms with E-state index >= 15 is 0 Å². The van der Waals surface area contributed by atoms with E-state index in [1.54, 1.807) is 6.08 Å². The van der Waals surface area contributed by atoms with Gasteiger partial charge in [-0.3, -0.25) is 14.4 Å². The summed E-state index contributed by atoms with van der Waals surface area (Å²) in [6.45, 7) is 3.63. The smallest absolute Gasteiger partial charge is 0.261 e. The molecule has 1 heterocycles. The fourth-order valence-electron chi connectivity index (χ4n) is 1.78. The SMILES string of the molecule is C=CC1=C(C2CC(=O)N(OC)C2=O)C1. The van der Waals surface area contributed by atoms with Crippen LogP contribution in [0.4, 0.5) is 0 Å². The molecule has 2 rings (SSSR count). The Morgan fingerprint density at radius 2 is 2.29 bits per heavy atom. The molecule has 1 aliphatic carbocycles. The van der Waals surface area contributed by atoms with Crippen LogP contribution in [0.25, 0.3) is 0 Å². The zero-order valence-corrected chi connectivity index (χ0v) is 7.95. The Balaban J connectivity index is 2.18. The van der Waals surface area contributed by atoms with Crippen molar-refractivity contribution < 1.29 is 14.4 Å². The second-order valence-corrected chi connectivity index (χ2v) is 3.40. The maximum absolute atomic E-state index is 11.6. The van der Waals surface area contributed by atoms with Gasteiger partial charge in [-0.1, -0.05) is 12.7 Å². The number of carbonyl (C=O) groups excluding carboxylic acids is 2. The predicted octanol–water partition coefficient (Wildman–Crippen LogP) is 0.809. The molecule has 0 aromatic heterocycles. The van der Waals surface area contributed by atoms with Crippen LogP contribution in [0.2, 0.25) is 0 Å². The number of allylic oxidation sites excluding steroid dienone is 2. The molecular weight excluding hydrogens is 182 g/mol. The Bertz CT molecular complexity index is 356. The Labute approximate surface area is 81.8 Å². The molecule has 0 aromatic carbocycles. The van der Waals surface area contributed by atoms with Crippen LogP contribution in [0.1, 0.15) is 12.8 Å². The van der Waals surface area contributed by atoms with E-state index in [0.717, 1.165) is 22.6 Å². The summed E-state index contributed by atoms with van der Waals surface area (Å²) in [5.41, 5.74) is 2.13. The molecule has 0 saturated carbocycles. The summed E-state index contributed by atoms with van der Waals surface area (Å²) in [5.74, 6) is -0.801. The molecule has 0 spiro atoms. The van der Waals surface area contributed by atoms with Crippen molar-refractivity contribution in [1.29, 1.82) is 0 Å². The van der Waals surface area contributed by atoms with Crippen LogP contribution in [0.5, 0.6) is 0 Å². The number of amides is 2. The third kappa shape index (κ3) is 1.19. The van der Waals surface area contributed by atoms with E-state index in [4.69, 9.17) is 4.84 Å². The number of hydrogen-bond acceptors (Lipinski definition) is 3. The van der Waals surface area contributed by atoms with Gasteiger partial charge in [-0.15, -0.1) is 0 Å². The van der Waals surface area contributed by atoms with E-state index in [1.165, 1.54) is 7.11 Å². The second-order valence-electron chi connectivity index (χ2n) is 3.40. The van der Waals surface area contributed by atoms with Crippen molar-refractivity contribution in [2.24, 2.45) is 5.92 Å². The topological polar surface area (TPSA) is 46.6 Å². The molecule has 2 aliphatic rings. The fourth-order valence-corrected chi connectivity index (χ4v) is 1.78. The van der Waals surface area contributed by atoms with Gasteiger partial charge >= 0.3 is 0 Å². The molecule has 14 heavy (non-hydrogen) atoms. The Hall–Kier alpha value is -1.42. The van der Waals surface area contributed by atoms with E-state index in [-0.39, 0.29) is 24.2 Å². The zero-order chi connectivity index (χ0) is 10.3. The molecule has 0 radical (unpaired) electrons. The normalized spacial score (nSPS) is 26.1. The molecule has 1 saturated heterocycles. The molecule has 0 bridgehead atoms. The summed E-state index contributed by atoms with van der Waals surface area (Å²) in [6.07, 6.45) is 2.78. The van der Waals surface area contributed by atoms with Gasteiger partial charge in [0.05, 0.1) is 13.0 Å². The minimum Gasteiger partial charge on any atom is -0.272 e. The van der Waals surface area contributed by atoms with E-state index in [9.17, 15) is 9.59 Å². The quantitative estimate of drug-likeness (QED) is 0.623. The lowest BCUT2D eigenvalue weighted by atomic mass is 10.1. The largest absolute Gasteiger partial charge is 0.272 e. The standard InChI is InChI=1S/C10H11NO3/c1-3-6-4-7(6)8-5-9(12)11(14-2)10(8)13/h3,8H,1,4-5H2,2H3. The fraction of sp³-hybridized carbons (Fsp3) is 0.400. The summed E-state index contributed by atoms with van der Waals surface area (Å²) < 4.78 is 0. The molecule has 1 fully saturated rings. The first-order valence-corrected chi connectivity index (χ1v) is 4.44. The van der Waals surface area contributed by atoms with Crippen molar-refractivity contribution in [3.63, 3.8) is 0 Å². The molecule has 4 nitrogen and oxygen atoms in total. The first-order valence-electron chi connectivity index (χ1n) is 4.44. The van der Waals surface area contributed by atoms with Crippen LogP contribution in [-0.4, -0.2) is 24.0 Å². The molecule has 0 N–H and O–H groups in total. The highest BCUT2D eigenvalue weighted by molar-refractivity contribution is 6.04. The summed E-state index contributed by atoms with van der Waals surface area (Å²) in [6, 6.07) is 0. The minimum atomic E-state index is -0.296. The Kier molecular flexibility index (Phi) is 2.00. The third-order valence-corrected chi connectivity index (χ3v) is 2.62. The van der Waals surface area contributed by atoms with Crippen molar-refractivity contribution in [2.75, 3.05) is 7.11 Å². The van der Waals surface area contributed by atoms with Crippen LogP contribution in [-0.2, 0) is 14.4 Å². The number of carbonyl (C=O) groups is 2. The van der Waals surface area contributed by atoms with Gasteiger partial charge in [-0.25, -0.2) is 0 Å². The van der Waals surface area contributed by atoms with Crippen LogP contribution < -0.4 is 0 Å². The number of rotatable bonds is 3. The molecule has 74 valence electrons. The number of hydroxylamine groups is 2. The van der Waals surface area contributed by atoms with Gasteiger partial charge in [-0.05, 0) is 17.6 Å². The zero-order valence-electron chi connectivity index (χ0n) is 7.95. The minimum absolute atomic E-state index is 0.235. The molecule has 1 unspecified atom stereocenters. The van der Waals surface area contributed by atoms with Crippen LogP contribution in [0.3, 0.4) is 0 Å². The molecule has 1 aliphatic heterocycles. The van der Waals surface area contributed by atoms with E-state index in [0.29, 0.717) is 0 Å². The van der Waals surface area contributed by atoms with Crippen LogP contribution >= 0.6 is 0 Å². The van der Waals surface area contributed by atoms with Crippen molar-refractivity contribution in [3.8, 4) is 0 Å². The van der Waals surface area contributed by atoms with Gasteiger partial charge in [0, 0.05) is 6.42 Å². The lowest BCUT2D eigenvalue weighted by Gasteiger charge is -2.09. The van der Waals surface area contributed by atoms with E-state index < -0.39 is 0 Å². The van der Waals surface area contributed by atoms with Gasteiger partial charge < -0.3 is 0 Å². The lowest BCUT2D eigenvalue weighted by Crippen LogP contribution is -2.29.